The Kier molecular flexibility index (Phi) is 9.99. The summed E-state index contributed by atoms with van der Waals surface area (Å²) in [6.07, 6.45) is 5.88. The molecule has 0 aliphatic rings. The Bertz CT molecular complexity index is 898. The number of hydrogen-bond acceptors (Lipinski definition) is 4. The van der Waals surface area contributed by atoms with Gasteiger partial charge in [-0.15, -0.1) is 24.0 Å². The van der Waals surface area contributed by atoms with Crippen LogP contribution in [0.1, 0.15) is 12.5 Å². The minimum absolute atomic E-state index is 0. The van der Waals surface area contributed by atoms with E-state index in [9.17, 15) is 0 Å². The van der Waals surface area contributed by atoms with E-state index in [0.29, 0.717) is 18.2 Å². The van der Waals surface area contributed by atoms with E-state index in [2.05, 4.69) is 32.1 Å². The summed E-state index contributed by atoms with van der Waals surface area (Å²) in [5.74, 6) is 2.75. The zero-order valence-electron chi connectivity index (χ0n) is 17.2. The average molecular weight is 521 g/mol. The lowest BCUT2D eigenvalue weighted by Gasteiger charge is -2.12. The molecule has 0 amide bonds. The summed E-state index contributed by atoms with van der Waals surface area (Å²) in [5, 5.41) is 6.61. The second kappa shape index (κ2) is 12.7. The number of ether oxygens (including phenoxy) is 2. The van der Waals surface area contributed by atoms with Crippen molar-refractivity contribution in [1.29, 1.82) is 0 Å². The maximum atomic E-state index is 5.77. The highest BCUT2D eigenvalue weighted by molar-refractivity contribution is 14.0. The van der Waals surface area contributed by atoms with Gasteiger partial charge in [-0.25, -0.2) is 9.98 Å². The van der Waals surface area contributed by atoms with Gasteiger partial charge in [-0.05, 0) is 36.8 Å². The number of aromatic nitrogens is 2. The number of hydrogen-bond donors (Lipinski definition) is 2. The molecule has 0 radical (unpaired) electrons. The number of methoxy groups -OCH3 is 1. The lowest BCUT2D eigenvalue weighted by molar-refractivity contribution is 0.407. The molecule has 0 saturated carbocycles. The molecule has 0 aliphatic heterocycles. The molecule has 3 rings (SSSR count). The molecule has 0 atom stereocenters. The first-order valence-electron chi connectivity index (χ1n) is 9.66. The number of halogens is 1. The number of aliphatic imine (C=N–C) groups is 1. The van der Waals surface area contributed by atoms with Crippen molar-refractivity contribution in [2.24, 2.45) is 4.99 Å². The summed E-state index contributed by atoms with van der Waals surface area (Å²) >= 11 is 0. The predicted octanol–water partition coefficient (Wildman–Crippen LogP) is 4.06. The Morgan fingerprint density at radius 1 is 1.07 bits per heavy atom. The number of rotatable bonds is 9. The highest BCUT2D eigenvalue weighted by atomic mass is 127. The Hall–Kier alpha value is -2.75. The smallest absolute Gasteiger partial charge is 0.219 e. The molecule has 2 heterocycles. The standard InChI is InChI=1S/C22H27N5O2.HI/c1-3-23-22(24-11-14-27-12-4-5-13-27)26-17-18-9-10-21(25-16-18)29-20-8-6-7-19(15-20)28-2;/h4-10,12-13,15-16H,3,11,14,17H2,1-2H3,(H2,23,24,26);1H. The highest BCUT2D eigenvalue weighted by Gasteiger charge is 2.02. The highest BCUT2D eigenvalue weighted by Crippen LogP contribution is 2.23. The summed E-state index contributed by atoms with van der Waals surface area (Å²) in [6, 6.07) is 15.3. The topological polar surface area (TPSA) is 72.7 Å². The van der Waals surface area contributed by atoms with E-state index in [1.807, 2.05) is 60.9 Å². The van der Waals surface area contributed by atoms with E-state index in [-0.39, 0.29) is 24.0 Å². The SMILES string of the molecule is CCNC(=NCc1ccc(Oc2cccc(OC)c2)nc1)NCCn1cccc1.I. The van der Waals surface area contributed by atoms with Crippen molar-refractivity contribution in [1.82, 2.24) is 20.2 Å². The van der Waals surface area contributed by atoms with E-state index in [1.165, 1.54) is 0 Å². The van der Waals surface area contributed by atoms with Crippen LogP contribution in [0.3, 0.4) is 0 Å². The third-order valence-corrected chi connectivity index (χ3v) is 4.15. The molecule has 0 fully saturated rings. The van der Waals surface area contributed by atoms with Crippen LogP contribution < -0.4 is 20.1 Å². The maximum Gasteiger partial charge on any atom is 0.219 e. The maximum absolute atomic E-state index is 5.77. The van der Waals surface area contributed by atoms with Crippen molar-refractivity contribution in [3.8, 4) is 17.4 Å². The number of pyridine rings is 1. The molecule has 3 aromatic rings. The molecule has 0 spiro atoms. The van der Waals surface area contributed by atoms with Crippen LogP contribution in [0.25, 0.3) is 0 Å². The van der Waals surface area contributed by atoms with Crippen LogP contribution in [0.2, 0.25) is 0 Å². The molecule has 2 aromatic heterocycles. The minimum Gasteiger partial charge on any atom is -0.497 e. The summed E-state index contributed by atoms with van der Waals surface area (Å²) in [5.41, 5.74) is 1.01. The zero-order valence-corrected chi connectivity index (χ0v) is 19.6. The fourth-order valence-corrected chi connectivity index (χ4v) is 2.68. The Labute approximate surface area is 194 Å². The van der Waals surface area contributed by atoms with Gasteiger partial charge in [0.2, 0.25) is 5.88 Å². The molecule has 8 heteroatoms. The fourth-order valence-electron chi connectivity index (χ4n) is 2.68. The van der Waals surface area contributed by atoms with E-state index in [1.54, 1.807) is 13.3 Å². The average Bonchev–Trinajstić information content (AvgIpc) is 3.27. The van der Waals surface area contributed by atoms with Crippen LogP contribution in [0, 0.1) is 0 Å². The summed E-state index contributed by atoms with van der Waals surface area (Å²) < 4.78 is 13.1. The van der Waals surface area contributed by atoms with Crippen molar-refractivity contribution in [2.45, 2.75) is 20.0 Å². The molecular formula is C22H28IN5O2. The van der Waals surface area contributed by atoms with Gasteiger partial charge in [-0.1, -0.05) is 12.1 Å². The second-order valence-corrected chi connectivity index (χ2v) is 6.33. The van der Waals surface area contributed by atoms with Gasteiger partial charge in [-0.2, -0.15) is 0 Å². The Balaban J connectivity index is 0.00000320. The number of nitrogens with zero attached hydrogens (tertiary/aromatic N) is 3. The first kappa shape index (κ1) is 23.5. The number of benzene rings is 1. The van der Waals surface area contributed by atoms with E-state index < -0.39 is 0 Å². The molecule has 0 unspecified atom stereocenters. The second-order valence-electron chi connectivity index (χ2n) is 6.33. The third-order valence-electron chi connectivity index (χ3n) is 4.15. The predicted molar refractivity (Wildman–Crippen MR) is 130 cm³/mol. The van der Waals surface area contributed by atoms with Crippen molar-refractivity contribution < 1.29 is 9.47 Å². The van der Waals surface area contributed by atoms with E-state index in [0.717, 1.165) is 36.9 Å². The first-order chi connectivity index (χ1) is 14.3. The van der Waals surface area contributed by atoms with Crippen LogP contribution in [0.4, 0.5) is 0 Å². The van der Waals surface area contributed by atoms with Crippen LogP contribution in [-0.4, -0.2) is 35.7 Å². The third kappa shape index (κ3) is 7.58. The van der Waals surface area contributed by atoms with E-state index >= 15 is 0 Å². The van der Waals surface area contributed by atoms with E-state index in [4.69, 9.17) is 9.47 Å². The van der Waals surface area contributed by atoms with Crippen LogP contribution >= 0.6 is 24.0 Å². The van der Waals surface area contributed by atoms with Crippen molar-refractivity contribution in [3.05, 3.63) is 72.7 Å². The largest absolute Gasteiger partial charge is 0.497 e. The van der Waals surface area contributed by atoms with Crippen LogP contribution in [-0.2, 0) is 13.1 Å². The fraction of sp³-hybridized carbons (Fsp3) is 0.273. The molecular weight excluding hydrogens is 493 g/mol. The lowest BCUT2D eigenvalue weighted by atomic mass is 10.3. The van der Waals surface area contributed by atoms with Gasteiger partial charge in [-0.3, -0.25) is 0 Å². The lowest BCUT2D eigenvalue weighted by Crippen LogP contribution is -2.38. The van der Waals surface area contributed by atoms with Gasteiger partial charge < -0.3 is 24.7 Å². The molecule has 1 aromatic carbocycles. The summed E-state index contributed by atoms with van der Waals surface area (Å²) in [4.78, 5) is 9.00. The van der Waals surface area contributed by atoms with Crippen molar-refractivity contribution in [3.63, 3.8) is 0 Å². The molecule has 30 heavy (non-hydrogen) atoms. The molecule has 0 aliphatic carbocycles. The monoisotopic (exact) mass is 521 g/mol. The summed E-state index contributed by atoms with van der Waals surface area (Å²) in [7, 11) is 1.63. The molecule has 0 bridgehead atoms. The quantitative estimate of drug-likeness (QED) is 0.253. The Morgan fingerprint density at radius 3 is 2.57 bits per heavy atom. The first-order valence-corrected chi connectivity index (χ1v) is 9.66. The minimum atomic E-state index is 0. The molecule has 160 valence electrons. The van der Waals surface area contributed by atoms with Gasteiger partial charge in [0.25, 0.3) is 0 Å². The van der Waals surface area contributed by atoms with Gasteiger partial charge in [0.05, 0.1) is 13.7 Å². The number of nitrogens with one attached hydrogen (secondary N) is 2. The normalized spacial score (nSPS) is 10.8. The van der Waals surface area contributed by atoms with Crippen LogP contribution in [0.5, 0.6) is 17.4 Å². The molecule has 2 N–H and O–H groups in total. The number of guanidine groups is 1. The van der Waals surface area contributed by atoms with Crippen molar-refractivity contribution >= 4 is 29.9 Å². The Morgan fingerprint density at radius 2 is 1.87 bits per heavy atom. The summed E-state index contributed by atoms with van der Waals surface area (Å²) in [6.45, 7) is 5.07. The van der Waals surface area contributed by atoms with Gasteiger partial charge in [0.1, 0.15) is 11.5 Å². The van der Waals surface area contributed by atoms with Gasteiger partial charge in [0.15, 0.2) is 5.96 Å². The molecule has 0 saturated heterocycles. The van der Waals surface area contributed by atoms with Crippen LogP contribution in [0.15, 0.2) is 72.1 Å². The molecule has 7 nitrogen and oxygen atoms in total. The van der Waals surface area contributed by atoms with Gasteiger partial charge >= 0.3 is 0 Å². The van der Waals surface area contributed by atoms with Gasteiger partial charge in [0, 0.05) is 50.4 Å². The van der Waals surface area contributed by atoms with Crippen molar-refractivity contribution in [2.75, 3.05) is 20.2 Å². The zero-order chi connectivity index (χ0) is 20.3.